The van der Waals surface area contributed by atoms with E-state index in [9.17, 15) is 4.79 Å². The van der Waals surface area contributed by atoms with Gasteiger partial charge in [0.2, 0.25) is 5.91 Å². The van der Waals surface area contributed by atoms with Crippen molar-refractivity contribution in [3.8, 4) is 0 Å². The molecule has 1 aliphatic rings. The first kappa shape index (κ1) is 11.6. The molecular weight excluding hydrogens is 222 g/mol. The first-order valence-electron chi connectivity index (χ1n) is 5.48. The molecule has 1 amide bonds. The lowest BCUT2D eigenvalue weighted by Crippen LogP contribution is -2.57. The van der Waals surface area contributed by atoms with E-state index in [4.69, 9.17) is 5.73 Å². The number of thiophene rings is 1. The minimum Gasteiger partial charge on any atom is -0.368 e. The lowest BCUT2D eigenvalue weighted by atomic mass is 10.1. The smallest absolute Gasteiger partial charge is 0.236 e. The number of nitrogens with one attached hydrogen (secondary N) is 1. The lowest BCUT2D eigenvalue weighted by molar-refractivity contribution is -0.124. The number of hydrogen-bond donors (Lipinski definition) is 2. The van der Waals surface area contributed by atoms with Gasteiger partial charge in [0.05, 0.1) is 0 Å². The van der Waals surface area contributed by atoms with E-state index in [1.807, 2.05) is 0 Å². The molecule has 0 aliphatic carbocycles. The summed E-state index contributed by atoms with van der Waals surface area (Å²) in [4.78, 5) is 13.6. The average Bonchev–Trinajstić information content (AvgIpc) is 2.81. The minimum absolute atomic E-state index is 0.191. The fraction of sp³-hybridized carbons (Fsp3) is 0.545. The molecule has 16 heavy (non-hydrogen) atoms. The Balaban J connectivity index is 2.14. The number of nitrogens with zero attached hydrogens (tertiary/aromatic N) is 1. The summed E-state index contributed by atoms with van der Waals surface area (Å²) in [5, 5.41) is 7.40. The van der Waals surface area contributed by atoms with Crippen LogP contribution in [0.2, 0.25) is 0 Å². The van der Waals surface area contributed by atoms with Crippen molar-refractivity contribution in [1.29, 1.82) is 0 Å². The number of carbonyl (C=O) groups excluding carboxylic acids is 1. The maximum atomic E-state index is 11.4. The number of rotatable bonds is 3. The zero-order valence-corrected chi connectivity index (χ0v) is 10.2. The fourth-order valence-corrected chi connectivity index (χ4v) is 2.90. The summed E-state index contributed by atoms with van der Waals surface area (Å²) in [6.07, 6.45) is 0. The zero-order chi connectivity index (χ0) is 11.5. The van der Waals surface area contributed by atoms with Crippen LogP contribution in [0, 0.1) is 0 Å². The Labute approximate surface area is 99.4 Å². The highest BCUT2D eigenvalue weighted by molar-refractivity contribution is 7.07. The number of amides is 1. The number of primary amides is 1. The average molecular weight is 239 g/mol. The van der Waals surface area contributed by atoms with Crippen molar-refractivity contribution < 1.29 is 4.79 Å². The van der Waals surface area contributed by atoms with Gasteiger partial charge < -0.3 is 11.1 Å². The fourth-order valence-electron chi connectivity index (χ4n) is 2.15. The molecule has 2 rings (SSSR count). The van der Waals surface area contributed by atoms with Gasteiger partial charge in [0.25, 0.3) is 0 Å². The summed E-state index contributed by atoms with van der Waals surface area (Å²) in [7, 11) is 0. The van der Waals surface area contributed by atoms with E-state index in [0.717, 1.165) is 13.1 Å². The van der Waals surface area contributed by atoms with Crippen LogP contribution < -0.4 is 11.1 Å². The van der Waals surface area contributed by atoms with E-state index in [-0.39, 0.29) is 18.0 Å². The normalized spacial score (nSPS) is 24.2. The Hall–Kier alpha value is -0.910. The van der Waals surface area contributed by atoms with E-state index >= 15 is 0 Å². The van der Waals surface area contributed by atoms with Crippen LogP contribution in [0.1, 0.15) is 18.5 Å². The van der Waals surface area contributed by atoms with Gasteiger partial charge in [-0.15, -0.1) is 0 Å². The highest BCUT2D eigenvalue weighted by Gasteiger charge is 2.30. The first-order chi connectivity index (χ1) is 7.70. The van der Waals surface area contributed by atoms with Crippen molar-refractivity contribution in [3.05, 3.63) is 22.4 Å². The maximum absolute atomic E-state index is 11.4. The molecule has 1 saturated heterocycles. The van der Waals surface area contributed by atoms with Crippen molar-refractivity contribution in [2.75, 3.05) is 19.6 Å². The predicted octanol–water partition coefficient (Wildman–Crippen LogP) is 0.568. The van der Waals surface area contributed by atoms with E-state index in [0.29, 0.717) is 6.54 Å². The summed E-state index contributed by atoms with van der Waals surface area (Å²) < 4.78 is 0. The molecule has 1 aliphatic heterocycles. The lowest BCUT2D eigenvalue weighted by Gasteiger charge is -2.38. The minimum atomic E-state index is -0.241. The highest BCUT2D eigenvalue weighted by atomic mass is 32.1. The van der Waals surface area contributed by atoms with Gasteiger partial charge in [0, 0.05) is 25.7 Å². The van der Waals surface area contributed by atoms with Gasteiger partial charge in [0.1, 0.15) is 6.04 Å². The second-order valence-electron chi connectivity index (χ2n) is 4.09. The summed E-state index contributed by atoms with van der Waals surface area (Å²) in [5.74, 6) is -0.241. The molecule has 1 aromatic heterocycles. The van der Waals surface area contributed by atoms with Crippen LogP contribution in [0.25, 0.3) is 0 Å². The maximum Gasteiger partial charge on any atom is 0.236 e. The van der Waals surface area contributed by atoms with Crippen molar-refractivity contribution in [2.24, 2.45) is 5.73 Å². The van der Waals surface area contributed by atoms with Crippen LogP contribution in [0.15, 0.2) is 16.8 Å². The Morgan fingerprint density at radius 3 is 3.19 bits per heavy atom. The van der Waals surface area contributed by atoms with Crippen molar-refractivity contribution >= 4 is 17.2 Å². The topological polar surface area (TPSA) is 58.4 Å². The Morgan fingerprint density at radius 2 is 2.56 bits per heavy atom. The van der Waals surface area contributed by atoms with Gasteiger partial charge in [-0.2, -0.15) is 11.3 Å². The SMILES string of the molecule is CC(c1ccsc1)N1CCNCC1C(N)=O. The largest absolute Gasteiger partial charge is 0.368 e. The number of piperazine rings is 1. The Bertz CT molecular complexity index is 352. The molecule has 0 aromatic carbocycles. The van der Waals surface area contributed by atoms with Gasteiger partial charge in [-0.25, -0.2) is 0 Å². The second kappa shape index (κ2) is 4.95. The van der Waals surface area contributed by atoms with Crippen LogP contribution in [0.3, 0.4) is 0 Å². The Kier molecular flexibility index (Phi) is 3.58. The molecule has 0 bridgehead atoms. The molecule has 0 saturated carbocycles. The van der Waals surface area contributed by atoms with Gasteiger partial charge >= 0.3 is 0 Å². The van der Waals surface area contributed by atoms with Crippen molar-refractivity contribution in [1.82, 2.24) is 10.2 Å². The third-order valence-corrected chi connectivity index (χ3v) is 3.84. The molecule has 2 atom stereocenters. The van der Waals surface area contributed by atoms with Gasteiger partial charge in [-0.05, 0) is 29.3 Å². The Morgan fingerprint density at radius 1 is 1.75 bits per heavy atom. The van der Waals surface area contributed by atoms with Crippen LogP contribution in [0.4, 0.5) is 0 Å². The summed E-state index contributed by atoms with van der Waals surface area (Å²) in [5.41, 5.74) is 6.69. The zero-order valence-electron chi connectivity index (χ0n) is 9.35. The molecule has 88 valence electrons. The molecule has 1 aromatic rings. The monoisotopic (exact) mass is 239 g/mol. The van der Waals surface area contributed by atoms with Crippen LogP contribution in [-0.2, 0) is 4.79 Å². The van der Waals surface area contributed by atoms with Crippen molar-refractivity contribution in [2.45, 2.75) is 19.0 Å². The molecule has 0 spiro atoms. The standard InChI is InChI=1S/C11H17N3OS/c1-8(9-2-5-16-7-9)14-4-3-13-6-10(14)11(12)15/h2,5,7-8,10,13H,3-4,6H2,1H3,(H2,12,15). The number of carbonyl (C=O) groups is 1. The third-order valence-electron chi connectivity index (χ3n) is 3.14. The molecule has 0 radical (unpaired) electrons. The van der Waals surface area contributed by atoms with E-state index < -0.39 is 0 Å². The second-order valence-corrected chi connectivity index (χ2v) is 4.87. The molecular formula is C11H17N3OS. The van der Waals surface area contributed by atoms with Gasteiger partial charge in [-0.3, -0.25) is 9.69 Å². The van der Waals surface area contributed by atoms with Gasteiger partial charge in [0.15, 0.2) is 0 Å². The van der Waals surface area contributed by atoms with E-state index in [1.54, 1.807) is 11.3 Å². The van der Waals surface area contributed by atoms with Crippen molar-refractivity contribution in [3.63, 3.8) is 0 Å². The van der Waals surface area contributed by atoms with Gasteiger partial charge in [-0.1, -0.05) is 0 Å². The van der Waals surface area contributed by atoms with E-state index in [1.165, 1.54) is 5.56 Å². The molecule has 4 nitrogen and oxygen atoms in total. The molecule has 5 heteroatoms. The van der Waals surface area contributed by atoms with Crippen LogP contribution >= 0.6 is 11.3 Å². The summed E-state index contributed by atoms with van der Waals surface area (Å²) >= 11 is 1.68. The molecule has 1 fully saturated rings. The van der Waals surface area contributed by atoms with E-state index in [2.05, 4.69) is 34.0 Å². The highest BCUT2D eigenvalue weighted by Crippen LogP contribution is 2.24. The number of hydrogen-bond acceptors (Lipinski definition) is 4. The quantitative estimate of drug-likeness (QED) is 0.810. The molecule has 3 N–H and O–H groups in total. The predicted molar refractivity (Wildman–Crippen MR) is 65.3 cm³/mol. The van der Waals surface area contributed by atoms with Crippen LogP contribution in [-0.4, -0.2) is 36.5 Å². The number of nitrogens with two attached hydrogens (primary N) is 1. The first-order valence-corrected chi connectivity index (χ1v) is 6.42. The van der Waals surface area contributed by atoms with Crippen LogP contribution in [0.5, 0.6) is 0 Å². The summed E-state index contributed by atoms with van der Waals surface area (Å²) in [6, 6.07) is 2.17. The molecule has 2 unspecified atom stereocenters. The third kappa shape index (κ3) is 2.26. The molecule has 2 heterocycles. The summed E-state index contributed by atoms with van der Waals surface area (Å²) in [6.45, 7) is 4.57.